The highest BCUT2D eigenvalue weighted by Crippen LogP contribution is 2.27. The van der Waals surface area contributed by atoms with Gasteiger partial charge in [0.25, 0.3) is 0 Å². The van der Waals surface area contributed by atoms with Gasteiger partial charge in [-0.15, -0.1) is 0 Å². The summed E-state index contributed by atoms with van der Waals surface area (Å²) in [5.41, 5.74) is 1.24. The van der Waals surface area contributed by atoms with Gasteiger partial charge in [0.15, 0.2) is 5.96 Å². The maximum absolute atomic E-state index is 5.75. The average Bonchev–Trinajstić information content (AvgIpc) is 3.61. The van der Waals surface area contributed by atoms with Crippen molar-refractivity contribution in [1.82, 2.24) is 15.5 Å². The molecule has 2 atom stereocenters. The third-order valence-corrected chi connectivity index (χ3v) is 6.48. The zero-order valence-corrected chi connectivity index (χ0v) is 19.4. The first-order valence-electron chi connectivity index (χ1n) is 12.0. The molecule has 0 aliphatic carbocycles. The van der Waals surface area contributed by atoms with E-state index in [1.165, 1.54) is 24.9 Å². The monoisotopic (exact) mass is 439 g/mol. The first-order valence-corrected chi connectivity index (χ1v) is 12.0. The first-order chi connectivity index (χ1) is 15.8. The molecule has 0 radical (unpaired) electrons. The highest BCUT2D eigenvalue weighted by Gasteiger charge is 2.26. The van der Waals surface area contributed by atoms with Crippen LogP contribution in [0.3, 0.4) is 0 Å². The van der Waals surface area contributed by atoms with Gasteiger partial charge in [-0.05, 0) is 69.5 Å². The van der Waals surface area contributed by atoms with Crippen molar-refractivity contribution in [2.75, 3.05) is 57.8 Å². The molecule has 4 rings (SSSR count). The number of likely N-dealkylation sites (tertiary alicyclic amines) is 1. The summed E-state index contributed by atoms with van der Waals surface area (Å²) >= 11 is 0. The van der Waals surface area contributed by atoms with Crippen molar-refractivity contribution in [2.24, 2.45) is 10.9 Å². The summed E-state index contributed by atoms with van der Waals surface area (Å²) in [7, 11) is 1.72. The molecule has 2 N–H and O–H groups in total. The van der Waals surface area contributed by atoms with Crippen LogP contribution in [-0.2, 0) is 0 Å². The van der Waals surface area contributed by atoms with E-state index in [-0.39, 0.29) is 6.04 Å². The third kappa shape index (κ3) is 5.76. The Hall–Kier alpha value is -2.67. The number of hydrogen-bond acceptors (Lipinski definition) is 5. The summed E-state index contributed by atoms with van der Waals surface area (Å²) < 4.78 is 11.1. The molecule has 2 fully saturated rings. The smallest absolute Gasteiger partial charge is 0.191 e. The zero-order chi connectivity index (χ0) is 22.2. The molecule has 7 nitrogen and oxygen atoms in total. The summed E-state index contributed by atoms with van der Waals surface area (Å²) in [6.45, 7) is 8.93. The fraction of sp³-hybridized carbons (Fsp3) is 0.560. The Bertz CT molecular complexity index is 848. The van der Waals surface area contributed by atoms with Crippen molar-refractivity contribution in [2.45, 2.75) is 32.2 Å². The molecule has 0 spiro atoms. The van der Waals surface area contributed by atoms with Gasteiger partial charge in [0.1, 0.15) is 11.5 Å². The molecule has 32 heavy (non-hydrogen) atoms. The molecule has 174 valence electrons. The lowest BCUT2D eigenvalue weighted by Gasteiger charge is -2.25. The van der Waals surface area contributed by atoms with Crippen molar-refractivity contribution >= 4 is 11.6 Å². The van der Waals surface area contributed by atoms with E-state index in [0.29, 0.717) is 12.5 Å². The minimum atomic E-state index is 0.206. The van der Waals surface area contributed by atoms with E-state index >= 15 is 0 Å². The van der Waals surface area contributed by atoms with E-state index in [4.69, 9.17) is 14.1 Å². The Kier molecular flexibility index (Phi) is 7.93. The molecule has 0 amide bonds. The van der Waals surface area contributed by atoms with Crippen LogP contribution in [0.4, 0.5) is 5.69 Å². The molecule has 3 heterocycles. The number of hydrogen-bond donors (Lipinski definition) is 2. The number of benzene rings is 1. The Balaban J connectivity index is 1.33. The molecule has 1 aromatic heterocycles. The summed E-state index contributed by atoms with van der Waals surface area (Å²) in [6, 6.07) is 12.6. The number of anilines is 1. The predicted molar refractivity (Wildman–Crippen MR) is 130 cm³/mol. The molecule has 0 bridgehead atoms. The number of ether oxygens (including phenoxy) is 1. The highest BCUT2D eigenvalue weighted by molar-refractivity contribution is 5.79. The van der Waals surface area contributed by atoms with Crippen LogP contribution in [0.5, 0.6) is 5.75 Å². The highest BCUT2D eigenvalue weighted by atomic mass is 16.5. The molecule has 2 saturated heterocycles. The maximum Gasteiger partial charge on any atom is 0.191 e. The number of rotatable bonds is 9. The minimum Gasteiger partial charge on any atom is -0.497 e. The quantitative estimate of drug-likeness (QED) is 0.461. The van der Waals surface area contributed by atoms with Crippen LogP contribution in [0.1, 0.15) is 38.0 Å². The summed E-state index contributed by atoms with van der Waals surface area (Å²) in [6.07, 6.45) is 5.45. The summed E-state index contributed by atoms with van der Waals surface area (Å²) in [5, 5.41) is 7.00. The van der Waals surface area contributed by atoms with Gasteiger partial charge in [-0.25, -0.2) is 0 Å². The summed E-state index contributed by atoms with van der Waals surface area (Å²) in [4.78, 5) is 9.88. The van der Waals surface area contributed by atoms with E-state index in [1.807, 2.05) is 12.1 Å². The number of furan rings is 1. The molecule has 0 saturated carbocycles. The molecule has 2 aliphatic rings. The molecule has 2 aromatic rings. The maximum atomic E-state index is 5.75. The Labute approximate surface area is 191 Å². The van der Waals surface area contributed by atoms with E-state index in [9.17, 15) is 0 Å². The van der Waals surface area contributed by atoms with Crippen LogP contribution in [-0.4, -0.2) is 63.8 Å². The fourth-order valence-electron chi connectivity index (χ4n) is 4.72. The molecule has 1 aromatic carbocycles. The van der Waals surface area contributed by atoms with Crippen LogP contribution < -0.4 is 20.3 Å². The Morgan fingerprint density at radius 3 is 2.81 bits per heavy atom. The van der Waals surface area contributed by atoms with Crippen molar-refractivity contribution in [1.29, 1.82) is 0 Å². The lowest BCUT2D eigenvalue weighted by Crippen LogP contribution is -2.41. The van der Waals surface area contributed by atoms with E-state index in [0.717, 1.165) is 56.7 Å². The van der Waals surface area contributed by atoms with Crippen LogP contribution >= 0.6 is 0 Å². The molecular formula is C25H37N5O2. The van der Waals surface area contributed by atoms with Gasteiger partial charge in [0.05, 0.1) is 26.0 Å². The van der Waals surface area contributed by atoms with Gasteiger partial charge >= 0.3 is 0 Å². The Morgan fingerprint density at radius 2 is 2.06 bits per heavy atom. The summed E-state index contributed by atoms with van der Waals surface area (Å²) in [5.74, 6) is 3.40. The average molecular weight is 440 g/mol. The molecular weight excluding hydrogens is 402 g/mol. The van der Waals surface area contributed by atoms with E-state index < -0.39 is 0 Å². The van der Waals surface area contributed by atoms with Crippen molar-refractivity contribution in [3.05, 3.63) is 48.4 Å². The van der Waals surface area contributed by atoms with Gasteiger partial charge in [-0.3, -0.25) is 9.89 Å². The van der Waals surface area contributed by atoms with Crippen LogP contribution in [0.2, 0.25) is 0 Å². The zero-order valence-electron chi connectivity index (χ0n) is 19.4. The minimum absolute atomic E-state index is 0.206. The Morgan fingerprint density at radius 1 is 1.19 bits per heavy atom. The van der Waals surface area contributed by atoms with Gasteiger partial charge < -0.3 is 24.7 Å². The van der Waals surface area contributed by atoms with Gasteiger partial charge in [-0.2, -0.15) is 0 Å². The standard InChI is InChI=1S/C25H37N5O2/c1-3-26-25(28-18-23(24-10-7-15-32-24)29-12-4-5-13-29)27-17-20-11-14-30(19-20)21-8-6-9-22(16-21)31-2/h6-10,15-16,20,23H,3-5,11-14,17-19H2,1-2H3,(H2,26,27,28). The second-order valence-electron chi connectivity index (χ2n) is 8.68. The SMILES string of the molecule is CCNC(=NCC(c1ccco1)N1CCCC1)NCC1CCN(c2cccc(OC)c2)C1. The number of guanidine groups is 1. The molecule has 2 unspecified atom stereocenters. The number of aliphatic imine (C=N–C) groups is 1. The second-order valence-corrected chi connectivity index (χ2v) is 8.68. The van der Waals surface area contributed by atoms with E-state index in [1.54, 1.807) is 13.4 Å². The van der Waals surface area contributed by atoms with Crippen LogP contribution in [0.25, 0.3) is 0 Å². The normalized spacial score (nSPS) is 20.5. The molecule has 2 aliphatic heterocycles. The second kappa shape index (κ2) is 11.3. The number of methoxy groups -OCH3 is 1. The third-order valence-electron chi connectivity index (χ3n) is 6.48. The first kappa shape index (κ1) is 22.5. The lowest BCUT2D eigenvalue weighted by atomic mass is 10.1. The van der Waals surface area contributed by atoms with Gasteiger partial charge in [0, 0.05) is 37.9 Å². The van der Waals surface area contributed by atoms with Crippen molar-refractivity contribution in [3.8, 4) is 5.75 Å². The fourth-order valence-corrected chi connectivity index (χ4v) is 4.72. The van der Waals surface area contributed by atoms with Gasteiger partial charge in [-0.1, -0.05) is 6.07 Å². The molecule has 7 heteroatoms. The van der Waals surface area contributed by atoms with Crippen molar-refractivity contribution < 1.29 is 9.15 Å². The predicted octanol–water partition coefficient (Wildman–Crippen LogP) is 3.51. The lowest BCUT2D eigenvalue weighted by molar-refractivity contribution is 0.221. The van der Waals surface area contributed by atoms with Crippen LogP contribution in [0.15, 0.2) is 52.1 Å². The van der Waals surface area contributed by atoms with Crippen molar-refractivity contribution in [3.63, 3.8) is 0 Å². The van der Waals surface area contributed by atoms with Gasteiger partial charge in [0.2, 0.25) is 0 Å². The van der Waals surface area contributed by atoms with Crippen LogP contribution in [0, 0.1) is 5.92 Å². The number of nitrogens with zero attached hydrogens (tertiary/aromatic N) is 3. The largest absolute Gasteiger partial charge is 0.497 e. The topological polar surface area (TPSA) is 65.3 Å². The number of nitrogens with one attached hydrogen (secondary N) is 2. The van der Waals surface area contributed by atoms with E-state index in [2.05, 4.69) is 51.6 Å².